The summed E-state index contributed by atoms with van der Waals surface area (Å²) in [5.41, 5.74) is 8.76. The Morgan fingerprint density at radius 2 is 1.91 bits per heavy atom. The number of hydrazine groups is 1. The van der Waals surface area contributed by atoms with Gasteiger partial charge in [0.15, 0.2) is 0 Å². The molecular formula is C26H35FN4O. The lowest BCUT2D eigenvalue weighted by atomic mass is 9.90. The van der Waals surface area contributed by atoms with Crippen molar-refractivity contribution in [3.05, 3.63) is 71.5 Å². The minimum Gasteiger partial charge on any atom is -0.341 e. The van der Waals surface area contributed by atoms with Gasteiger partial charge in [-0.25, -0.2) is 9.82 Å². The van der Waals surface area contributed by atoms with E-state index in [1.807, 2.05) is 36.2 Å². The number of likely N-dealkylation sites (tertiary alicyclic amines) is 1. The molecule has 32 heavy (non-hydrogen) atoms. The van der Waals surface area contributed by atoms with E-state index in [1.54, 1.807) is 12.1 Å². The number of hydrogen-bond donors (Lipinski definition) is 2. The molecule has 0 aliphatic carbocycles. The van der Waals surface area contributed by atoms with Crippen LogP contribution >= 0.6 is 0 Å². The molecule has 2 fully saturated rings. The highest BCUT2D eigenvalue weighted by Gasteiger charge is 2.31. The van der Waals surface area contributed by atoms with Gasteiger partial charge in [0.25, 0.3) is 0 Å². The van der Waals surface area contributed by atoms with E-state index < -0.39 is 0 Å². The second-order valence-electron chi connectivity index (χ2n) is 9.34. The van der Waals surface area contributed by atoms with E-state index in [9.17, 15) is 9.18 Å². The van der Waals surface area contributed by atoms with Gasteiger partial charge in [-0.3, -0.25) is 10.2 Å². The minimum absolute atomic E-state index is 0.140. The van der Waals surface area contributed by atoms with Gasteiger partial charge in [0.1, 0.15) is 5.82 Å². The first-order valence-corrected chi connectivity index (χ1v) is 11.8. The van der Waals surface area contributed by atoms with Crippen LogP contribution in [0, 0.1) is 17.7 Å². The van der Waals surface area contributed by atoms with Crippen molar-refractivity contribution in [2.75, 3.05) is 33.2 Å². The monoisotopic (exact) mass is 438 g/mol. The maximum absolute atomic E-state index is 13.7. The van der Waals surface area contributed by atoms with Crippen molar-refractivity contribution in [2.24, 2.45) is 11.8 Å². The first kappa shape index (κ1) is 22.9. The number of halogens is 1. The maximum Gasteiger partial charge on any atom is 0.222 e. The van der Waals surface area contributed by atoms with Crippen LogP contribution in [0.25, 0.3) is 0 Å². The Hall–Kier alpha value is -2.28. The van der Waals surface area contributed by atoms with Gasteiger partial charge in [0.2, 0.25) is 5.91 Å². The molecule has 2 aliphatic heterocycles. The van der Waals surface area contributed by atoms with Crippen molar-refractivity contribution in [1.82, 2.24) is 20.7 Å². The Bertz CT molecular complexity index is 869. The molecule has 0 aromatic heterocycles. The van der Waals surface area contributed by atoms with Crippen molar-refractivity contribution < 1.29 is 9.18 Å². The second kappa shape index (κ2) is 11.0. The fraction of sp³-hybridized carbons (Fsp3) is 0.500. The Morgan fingerprint density at radius 1 is 1.12 bits per heavy atom. The molecule has 2 aliphatic rings. The third-order valence-corrected chi connectivity index (χ3v) is 6.96. The van der Waals surface area contributed by atoms with Crippen LogP contribution in [0.1, 0.15) is 42.9 Å². The first-order chi connectivity index (χ1) is 15.6. The fourth-order valence-corrected chi connectivity index (χ4v) is 5.01. The summed E-state index contributed by atoms with van der Waals surface area (Å²) in [6, 6.07) is 17.2. The van der Waals surface area contributed by atoms with Crippen molar-refractivity contribution in [1.29, 1.82) is 0 Å². The van der Waals surface area contributed by atoms with E-state index in [-0.39, 0.29) is 17.8 Å². The van der Waals surface area contributed by atoms with Crippen molar-refractivity contribution in [3.63, 3.8) is 0 Å². The third kappa shape index (κ3) is 6.15. The number of nitrogens with zero attached hydrogens (tertiary/aromatic N) is 2. The lowest BCUT2D eigenvalue weighted by Crippen LogP contribution is -2.39. The summed E-state index contributed by atoms with van der Waals surface area (Å²) in [6.45, 7) is 4.72. The summed E-state index contributed by atoms with van der Waals surface area (Å²) in [7, 11) is 1.90. The summed E-state index contributed by atoms with van der Waals surface area (Å²) in [5, 5.41) is 0. The molecule has 2 aromatic carbocycles. The van der Waals surface area contributed by atoms with Gasteiger partial charge in [0, 0.05) is 39.0 Å². The van der Waals surface area contributed by atoms with Gasteiger partial charge in [0.05, 0.1) is 6.04 Å². The molecule has 6 heteroatoms. The third-order valence-electron chi connectivity index (χ3n) is 6.96. The van der Waals surface area contributed by atoms with E-state index in [2.05, 4.69) is 27.9 Å². The van der Waals surface area contributed by atoms with Crippen LogP contribution in [0.3, 0.4) is 0 Å². The van der Waals surface area contributed by atoms with Gasteiger partial charge < -0.3 is 9.80 Å². The van der Waals surface area contributed by atoms with E-state index >= 15 is 0 Å². The molecule has 4 rings (SSSR count). The van der Waals surface area contributed by atoms with Crippen LogP contribution in [-0.2, 0) is 11.3 Å². The second-order valence-corrected chi connectivity index (χ2v) is 9.34. The summed E-state index contributed by atoms with van der Waals surface area (Å²) < 4.78 is 13.7. The quantitative estimate of drug-likeness (QED) is 0.659. The zero-order chi connectivity index (χ0) is 22.3. The SMILES string of the molecule is CN(Cc1ccccc1)C(=O)CCC1CCN(CC2CNNC2c2cccc(F)c2)CC1. The van der Waals surface area contributed by atoms with Gasteiger partial charge in [-0.1, -0.05) is 42.5 Å². The molecule has 1 amide bonds. The molecule has 2 aromatic rings. The zero-order valence-corrected chi connectivity index (χ0v) is 19.0. The fourth-order valence-electron chi connectivity index (χ4n) is 5.01. The van der Waals surface area contributed by atoms with E-state index in [4.69, 9.17) is 0 Å². The zero-order valence-electron chi connectivity index (χ0n) is 19.0. The lowest BCUT2D eigenvalue weighted by Gasteiger charge is -2.34. The summed E-state index contributed by atoms with van der Waals surface area (Å²) >= 11 is 0. The minimum atomic E-state index is -0.181. The largest absolute Gasteiger partial charge is 0.341 e. The number of hydrogen-bond acceptors (Lipinski definition) is 4. The maximum atomic E-state index is 13.7. The normalized spacial score (nSPS) is 22.2. The Balaban J connectivity index is 1.18. The molecular weight excluding hydrogens is 403 g/mol. The van der Waals surface area contributed by atoms with Crippen LogP contribution in [-0.4, -0.2) is 48.9 Å². The highest BCUT2D eigenvalue weighted by Crippen LogP contribution is 2.29. The summed E-state index contributed by atoms with van der Waals surface area (Å²) in [5.74, 6) is 1.10. The van der Waals surface area contributed by atoms with Gasteiger partial charge in [-0.05, 0) is 61.5 Å². The molecule has 0 saturated carbocycles. The molecule has 2 saturated heterocycles. The highest BCUT2D eigenvalue weighted by atomic mass is 19.1. The number of carbonyl (C=O) groups excluding carboxylic acids is 1. The summed E-state index contributed by atoms with van der Waals surface area (Å²) in [6.07, 6.45) is 3.90. The Labute approximate surface area is 191 Å². The van der Waals surface area contributed by atoms with E-state index in [0.29, 0.717) is 24.8 Å². The van der Waals surface area contributed by atoms with Crippen LogP contribution in [0.5, 0.6) is 0 Å². The van der Waals surface area contributed by atoms with Crippen molar-refractivity contribution in [2.45, 2.75) is 38.3 Å². The van der Waals surface area contributed by atoms with E-state index in [0.717, 1.165) is 51.0 Å². The molecule has 2 heterocycles. The predicted molar refractivity (Wildman–Crippen MR) is 125 cm³/mol. The number of carbonyl (C=O) groups is 1. The number of rotatable bonds is 8. The number of amides is 1. The average Bonchev–Trinajstić information content (AvgIpc) is 3.27. The molecule has 0 bridgehead atoms. The van der Waals surface area contributed by atoms with Crippen LogP contribution < -0.4 is 10.9 Å². The smallest absolute Gasteiger partial charge is 0.222 e. The lowest BCUT2D eigenvalue weighted by molar-refractivity contribution is -0.130. The molecule has 2 unspecified atom stereocenters. The van der Waals surface area contributed by atoms with Gasteiger partial charge in [-0.15, -0.1) is 0 Å². The highest BCUT2D eigenvalue weighted by molar-refractivity contribution is 5.75. The molecule has 172 valence electrons. The Morgan fingerprint density at radius 3 is 2.66 bits per heavy atom. The Kier molecular flexibility index (Phi) is 7.90. The first-order valence-electron chi connectivity index (χ1n) is 11.8. The van der Waals surface area contributed by atoms with E-state index in [1.165, 1.54) is 11.6 Å². The molecule has 2 N–H and O–H groups in total. The number of benzene rings is 2. The standard InChI is InChI=1S/C26H35FN4O/c1-30(18-21-6-3-2-4-7-21)25(32)11-10-20-12-14-31(15-13-20)19-23-17-28-29-26(23)22-8-5-9-24(27)16-22/h2-9,16,20,23,26,28-29H,10-15,17-19H2,1H3. The van der Waals surface area contributed by atoms with Crippen LogP contribution in [0.2, 0.25) is 0 Å². The predicted octanol–water partition coefficient (Wildman–Crippen LogP) is 3.74. The van der Waals surface area contributed by atoms with Crippen molar-refractivity contribution in [3.8, 4) is 0 Å². The number of nitrogens with one attached hydrogen (secondary N) is 2. The van der Waals surface area contributed by atoms with Crippen LogP contribution in [0.4, 0.5) is 4.39 Å². The molecule has 0 spiro atoms. The topological polar surface area (TPSA) is 47.6 Å². The molecule has 0 radical (unpaired) electrons. The van der Waals surface area contributed by atoms with Gasteiger partial charge >= 0.3 is 0 Å². The van der Waals surface area contributed by atoms with Gasteiger partial charge in [-0.2, -0.15) is 0 Å². The molecule has 5 nitrogen and oxygen atoms in total. The molecule has 2 atom stereocenters. The number of piperidine rings is 1. The van der Waals surface area contributed by atoms with Crippen molar-refractivity contribution >= 4 is 5.91 Å². The summed E-state index contributed by atoms with van der Waals surface area (Å²) in [4.78, 5) is 16.9. The average molecular weight is 439 g/mol. The van der Waals surface area contributed by atoms with Crippen LogP contribution in [0.15, 0.2) is 54.6 Å².